The van der Waals surface area contributed by atoms with Crippen LogP contribution in [0.3, 0.4) is 0 Å². The molecule has 0 spiro atoms. The Hall–Kier alpha value is -2.24. The van der Waals surface area contributed by atoms with Crippen molar-refractivity contribution in [3.05, 3.63) is 23.8 Å². The van der Waals surface area contributed by atoms with E-state index in [-0.39, 0.29) is 24.1 Å². The number of carbonyl (C=O) groups is 1. The number of sulfonamides is 1. The average molecular weight is 423 g/mol. The maximum Gasteiger partial charge on any atom is 0.238 e. The van der Waals surface area contributed by atoms with Crippen LogP contribution in [-0.4, -0.2) is 39.8 Å². The summed E-state index contributed by atoms with van der Waals surface area (Å²) in [7, 11) is -1.93. The number of ether oxygens (including phenoxy) is 2. The van der Waals surface area contributed by atoms with Gasteiger partial charge in [0.05, 0.1) is 12.9 Å². The fraction of sp³-hybridized carbons (Fsp3) is 0.571. The highest BCUT2D eigenvalue weighted by Gasteiger charge is 2.26. The van der Waals surface area contributed by atoms with Crippen LogP contribution in [0.15, 0.2) is 18.2 Å². The lowest BCUT2D eigenvalue weighted by molar-refractivity contribution is -0.123. The van der Waals surface area contributed by atoms with Gasteiger partial charge in [0.25, 0.3) is 0 Å². The van der Waals surface area contributed by atoms with Crippen molar-refractivity contribution in [2.75, 3.05) is 19.5 Å². The number of nitrogens with one attached hydrogen (secondary N) is 2. The molecule has 1 aromatic carbocycles. The van der Waals surface area contributed by atoms with Gasteiger partial charge in [-0.15, -0.1) is 0 Å². The number of methoxy groups -OCH3 is 1. The Morgan fingerprint density at radius 3 is 2.59 bits per heavy atom. The van der Waals surface area contributed by atoms with E-state index in [1.165, 1.54) is 19.8 Å². The van der Waals surface area contributed by atoms with E-state index in [1.54, 1.807) is 33.1 Å². The number of amides is 1. The Morgan fingerprint density at radius 1 is 1.28 bits per heavy atom. The zero-order valence-corrected chi connectivity index (χ0v) is 18.3. The summed E-state index contributed by atoms with van der Waals surface area (Å²) < 4.78 is 37.1. The van der Waals surface area contributed by atoms with E-state index in [0.717, 1.165) is 5.56 Å². The van der Waals surface area contributed by atoms with Crippen molar-refractivity contribution in [3.8, 4) is 23.3 Å². The monoisotopic (exact) mass is 422 g/mol. The number of rotatable bonds is 10. The summed E-state index contributed by atoms with van der Waals surface area (Å²) in [4.78, 5) is 12.5. The van der Waals surface area contributed by atoms with Gasteiger partial charge in [-0.05, 0) is 43.4 Å². The normalized spacial score (nSPS) is 14.7. The highest BCUT2D eigenvalue weighted by Crippen LogP contribution is 2.29. The minimum atomic E-state index is -3.48. The summed E-state index contributed by atoms with van der Waals surface area (Å²) in [5.74, 6) is 7.19. The minimum absolute atomic E-state index is 0.0762. The Labute approximate surface area is 173 Å². The molecule has 1 aliphatic rings. The minimum Gasteiger partial charge on any atom is -0.493 e. The molecule has 0 aromatic heterocycles. The number of hydrogen-bond acceptors (Lipinski definition) is 5. The summed E-state index contributed by atoms with van der Waals surface area (Å²) in [6.45, 7) is 5.67. The highest BCUT2D eigenvalue weighted by atomic mass is 32.2. The Bertz CT molecular complexity index is 867. The van der Waals surface area contributed by atoms with Gasteiger partial charge in [0.2, 0.25) is 15.9 Å². The van der Waals surface area contributed by atoms with Crippen LogP contribution in [0.4, 0.5) is 0 Å². The van der Waals surface area contributed by atoms with E-state index in [4.69, 9.17) is 9.47 Å². The van der Waals surface area contributed by atoms with Gasteiger partial charge >= 0.3 is 0 Å². The van der Waals surface area contributed by atoms with Gasteiger partial charge in [0, 0.05) is 12.5 Å². The van der Waals surface area contributed by atoms with Crippen LogP contribution in [0, 0.1) is 23.7 Å². The van der Waals surface area contributed by atoms with Crippen LogP contribution >= 0.6 is 0 Å². The molecule has 160 valence electrons. The largest absolute Gasteiger partial charge is 0.493 e. The van der Waals surface area contributed by atoms with Crippen molar-refractivity contribution in [1.29, 1.82) is 0 Å². The van der Waals surface area contributed by atoms with Gasteiger partial charge in [-0.25, -0.2) is 13.1 Å². The highest BCUT2D eigenvalue weighted by molar-refractivity contribution is 7.89. The molecule has 1 aromatic rings. The van der Waals surface area contributed by atoms with E-state index in [1.807, 2.05) is 6.07 Å². The average Bonchev–Trinajstić information content (AvgIpc) is 3.52. The topological polar surface area (TPSA) is 93.7 Å². The van der Waals surface area contributed by atoms with Gasteiger partial charge in [-0.1, -0.05) is 31.8 Å². The molecule has 1 aliphatic carbocycles. The van der Waals surface area contributed by atoms with Crippen molar-refractivity contribution < 1.29 is 22.7 Å². The Kier molecular flexibility index (Phi) is 8.35. The third-order valence-corrected chi connectivity index (χ3v) is 5.89. The first-order chi connectivity index (χ1) is 13.8. The summed E-state index contributed by atoms with van der Waals surface area (Å²) in [6, 6.07) is 4.56. The zero-order chi connectivity index (χ0) is 21.4. The molecule has 0 heterocycles. The molecule has 1 fully saturated rings. The predicted octanol–water partition coefficient (Wildman–Crippen LogP) is 2.07. The van der Waals surface area contributed by atoms with Crippen LogP contribution in [0.5, 0.6) is 11.5 Å². The van der Waals surface area contributed by atoms with Crippen LogP contribution in [0.1, 0.15) is 39.2 Å². The van der Waals surface area contributed by atoms with Gasteiger partial charge in [0.1, 0.15) is 12.6 Å². The molecule has 8 heteroatoms. The standard InChI is InChI=1S/C21H30N2O5S/c1-5-29(25,26)23-20(15(2)3)21(24)22-14-17-10-11-18(19(13-17)27-4)28-12-6-7-16-8-9-16/h10-11,13,15-16,20,23H,5,8-9,12,14H2,1-4H3,(H,22,24). The van der Waals surface area contributed by atoms with Gasteiger partial charge in [-0.2, -0.15) is 0 Å². The number of hydrogen-bond donors (Lipinski definition) is 2. The lowest BCUT2D eigenvalue weighted by atomic mass is 10.0. The summed E-state index contributed by atoms with van der Waals surface area (Å²) in [5.41, 5.74) is 0.812. The second kappa shape index (κ2) is 10.5. The second-order valence-electron chi connectivity index (χ2n) is 7.33. The maximum absolute atomic E-state index is 12.5. The van der Waals surface area contributed by atoms with Crippen molar-refractivity contribution in [1.82, 2.24) is 10.0 Å². The summed E-state index contributed by atoms with van der Waals surface area (Å²) in [5, 5.41) is 2.78. The molecule has 2 N–H and O–H groups in total. The van der Waals surface area contributed by atoms with Crippen molar-refractivity contribution in [2.45, 2.75) is 46.2 Å². The molecule has 0 bridgehead atoms. The molecule has 1 saturated carbocycles. The lowest BCUT2D eigenvalue weighted by Crippen LogP contribution is -2.49. The molecule has 2 rings (SSSR count). The maximum atomic E-state index is 12.5. The smallest absolute Gasteiger partial charge is 0.238 e. The van der Waals surface area contributed by atoms with Crippen molar-refractivity contribution >= 4 is 15.9 Å². The fourth-order valence-corrected chi connectivity index (χ4v) is 3.47. The van der Waals surface area contributed by atoms with E-state index < -0.39 is 16.1 Å². The molecule has 0 aliphatic heterocycles. The molecule has 1 atom stereocenters. The third-order valence-electron chi connectivity index (χ3n) is 4.51. The fourth-order valence-electron chi connectivity index (χ4n) is 2.54. The van der Waals surface area contributed by atoms with Crippen LogP contribution in [-0.2, 0) is 21.4 Å². The van der Waals surface area contributed by atoms with E-state index in [0.29, 0.717) is 24.0 Å². The van der Waals surface area contributed by atoms with Crippen LogP contribution < -0.4 is 19.5 Å². The molecule has 7 nitrogen and oxygen atoms in total. The first-order valence-corrected chi connectivity index (χ1v) is 11.5. The van der Waals surface area contributed by atoms with E-state index >= 15 is 0 Å². The van der Waals surface area contributed by atoms with E-state index in [9.17, 15) is 13.2 Å². The molecule has 1 unspecified atom stereocenters. The van der Waals surface area contributed by atoms with Crippen LogP contribution in [0.25, 0.3) is 0 Å². The summed E-state index contributed by atoms with van der Waals surface area (Å²) >= 11 is 0. The second-order valence-corrected chi connectivity index (χ2v) is 9.37. The molecule has 1 amide bonds. The molecule has 0 saturated heterocycles. The molecular weight excluding hydrogens is 392 g/mol. The summed E-state index contributed by atoms with van der Waals surface area (Å²) in [6.07, 6.45) is 2.35. The Morgan fingerprint density at radius 2 is 2.00 bits per heavy atom. The molecule has 0 radical (unpaired) electrons. The SMILES string of the molecule is CCS(=O)(=O)NC(C(=O)NCc1ccc(OCC#CC2CC2)c(OC)c1)C(C)C. The molecular formula is C21H30N2O5S. The number of benzene rings is 1. The zero-order valence-electron chi connectivity index (χ0n) is 17.4. The molecule has 29 heavy (non-hydrogen) atoms. The first kappa shape index (κ1) is 23.0. The van der Waals surface area contributed by atoms with Crippen molar-refractivity contribution in [3.63, 3.8) is 0 Å². The van der Waals surface area contributed by atoms with Gasteiger partial charge in [-0.3, -0.25) is 4.79 Å². The van der Waals surface area contributed by atoms with Gasteiger partial charge in [0.15, 0.2) is 11.5 Å². The number of carbonyl (C=O) groups excluding carboxylic acids is 1. The van der Waals surface area contributed by atoms with Crippen LogP contribution in [0.2, 0.25) is 0 Å². The third kappa shape index (κ3) is 7.59. The Balaban J connectivity index is 1.96. The lowest BCUT2D eigenvalue weighted by Gasteiger charge is -2.21. The predicted molar refractivity (Wildman–Crippen MR) is 112 cm³/mol. The first-order valence-electron chi connectivity index (χ1n) is 9.81. The quantitative estimate of drug-likeness (QED) is 0.563. The van der Waals surface area contributed by atoms with Crippen molar-refractivity contribution in [2.24, 2.45) is 11.8 Å². The van der Waals surface area contributed by atoms with E-state index in [2.05, 4.69) is 21.9 Å². The van der Waals surface area contributed by atoms with Gasteiger partial charge < -0.3 is 14.8 Å².